The molecule has 0 saturated carbocycles. The number of nitrogen functional groups attached to an aromatic ring is 1. The Bertz CT molecular complexity index is 1670. The van der Waals surface area contributed by atoms with Crippen molar-refractivity contribution in [1.29, 1.82) is 0 Å². The minimum Gasteiger partial charge on any atom is -0.481 e. The molecule has 3 amide bonds. The second-order valence-corrected chi connectivity index (χ2v) is 16.8. The molecule has 1 aromatic heterocycles. The highest BCUT2D eigenvalue weighted by atomic mass is 32.1. The summed E-state index contributed by atoms with van der Waals surface area (Å²) in [5.41, 5.74) is 7.26. The van der Waals surface area contributed by atoms with Gasteiger partial charge in [0, 0.05) is 49.3 Å². The smallest absolute Gasteiger partial charge is 0.306 e. The number of esters is 1. The number of thiazole rings is 1. The zero-order valence-electron chi connectivity index (χ0n) is 34.8. The number of carbonyl (C=O) groups excluding carboxylic acids is 4. The van der Waals surface area contributed by atoms with Crippen LogP contribution >= 0.6 is 11.3 Å². The van der Waals surface area contributed by atoms with Crippen LogP contribution in [-0.4, -0.2) is 81.9 Å². The quantitative estimate of drug-likeness (QED) is 0.0337. The van der Waals surface area contributed by atoms with Crippen molar-refractivity contribution in [2.45, 2.75) is 124 Å². The summed E-state index contributed by atoms with van der Waals surface area (Å²) in [7, 11) is 1.99. The summed E-state index contributed by atoms with van der Waals surface area (Å²) in [4.78, 5) is 75.5. The molecule has 13 nitrogen and oxygen atoms in total. The van der Waals surface area contributed by atoms with Gasteiger partial charge in [-0.05, 0) is 88.1 Å². The summed E-state index contributed by atoms with van der Waals surface area (Å²) in [6.07, 6.45) is 10.5. The van der Waals surface area contributed by atoms with E-state index in [1.54, 1.807) is 29.3 Å². The highest BCUT2D eigenvalue weighted by molar-refractivity contribution is 7.10. The van der Waals surface area contributed by atoms with Crippen molar-refractivity contribution < 1.29 is 33.8 Å². The zero-order chi connectivity index (χ0) is 42.2. The average molecular weight is 809 g/mol. The number of hydrogen-bond donors (Lipinski definition) is 4. The van der Waals surface area contributed by atoms with Crippen molar-refractivity contribution in [3.8, 4) is 12.3 Å². The summed E-state index contributed by atoms with van der Waals surface area (Å²) >= 11 is 1.21. The first-order valence-electron chi connectivity index (χ1n) is 20.3. The van der Waals surface area contributed by atoms with Crippen LogP contribution in [-0.2, 0) is 35.1 Å². The van der Waals surface area contributed by atoms with Crippen LogP contribution in [0.2, 0.25) is 0 Å². The molecule has 57 heavy (non-hydrogen) atoms. The van der Waals surface area contributed by atoms with Crippen LogP contribution in [0.25, 0.3) is 0 Å². The first-order valence-corrected chi connectivity index (χ1v) is 21.2. The van der Waals surface area contributed by atoms with Crippen LogP contribution in [0.3, 0.4) is 0 Å². The number of ether oxygens (including phenoxy) is 1. The summed E-state index contributed by atoms with van der Waals surface area (Å²) in [5, 5.41) is 17.7. The number of aromatic nitrogens is 1. The minimum atomic E-state index is -0.999. The number of likely N-dealkylation sites (tertiary alicyclic amines) is 1. The van der Waals surface area contributed by atoms with Gasteiger partial charge in [0.1, 0.15) is 16.7 Å². The van der Waals surface area contributed by atoms with Crippen molar-refractivity contribution in [2.24, 2.45) is 29.6 Å². The van der Waals surface area contributed by atoms with Gasteiger partial charge in [-0.2, -0.15) is 0 Å². The molecule has 0 bridgehead atoms. The number of aliphatic carboxylic acids is 1. The lowest BCUT2D eigenvalue weighted by atomic mass is 9.87. The lowest BCUT2D eigenvalue weighted by Gasteiger charge is -2.40. The second-order valence-electron chi connectivity index (χ2n) is 15.9. The number of hydrogen-bond acceptors (Lipinski definition) is 10. The van der Waals surface area contributed by atoms with Gasteiger partial charge < -0.3 is 31.1 Å². The Morgan fingerprint density at radius 2 is 1.79 bits per heavy atom. The van der Waals surface area contributed by atoms with E-state index < -0.39 is 47.7 Å². The average Bonchev–Trinajstić information content (AvgIpc) is 3.63. The maximum Gasteiger partial charge on any atom is 0.306 e. The van der Waals surface area contributed by atoms with Crippen LogP contribution in [0.4, 0.5) is 11.5 Å². The van der Waals surface area contributed by atoms with Gasteiger partial charge >= 0.3 is 11.9 Å². The Balaban J connectivity index is 1.93. The van der Waals surface area contributed by atoms with Crippen molar-refractivity contribution in [3.63, 3.8) is 0 Å². The summed E-state index contributed by atoms with van der Waals surface area (Å²) in [6.45, 7) is 12.0. The third-order valence-electron chi connectivity index (χ3n) is 11.0. The number of anilines is 2. The number of nitrogens with zero attached hydrogens (tertiary/aromatic N) is 3. The van der Waals surface area contributed by atoms with Gasteiger partial charge in [-0.3, -0.25) is 28.9 Å². The monoisotopic (exact) mass is 808 g/mol. The van der Waals surface area contributed by atoms with E-state index >= 15 is 0 Å². The Hall–Kier alpha value is -4.48. The SMILES string of the molecule is C#CCCCCN(C(=O)[C@H](C(=O)N[C@H]1CCCCN1C)[C@@H](C)CC)[C@H](C[C@@H](OC(C)=O)c1nc(NC(=O)[C@@H](Cc2ccc(N)cc2)C[C@H](C)C(=O)O)cs1)C(C)C. The maximum absolute atomic E-state index is 14.8. The normalized spacial score (nSPS) is 17.6. The van der Waals surface area contributed by atoms with Crippen molar-refractivity contribution in [1.82, 2.24) is 20.1 Å². The molecule has 1 aliphatic heterocycles. The molecule has 1 saturated heterocycles. The zero-order valence-corrected chi connectivity index (χ0v) is 35.6. The number of piperidine rings is 1. The third kappa shape index (κ3) is 14.4. The summed E-state index contributed by atoms with van der Waals surface area (Å²) in [5.74, 6) is -2.26. The van der Waals surface area contributed by atoms with Crippen LogP contribution in [0.1, 0.15) is 116 Å². The number of terminal acetylenes is 1. The van der Waals surface area contributed by atoms with Crippen LogP contribution in [0.5, 0.6) is 0 Å². The third-order valence-corrected chi connectivity index (χ3v) is 11.9. The van der Waals surface area contributed by atoms with E-state index in [-0.39, 0.29) is 48.5 Å². The predicted molar refractivity (Wildman–Crippen MR) is 224 cm³/mol. The van der Waals surface area contributed by atoms with Gasteiger partial charge in [-0.25, -0.2) is 4.98 Å². The lowest BCUT2D eigenvalue weighted by molar-refractivity contribution is -0.151. The van der Waals surface area contributed by atoms with E-state index in [4.69, 9.17) is 16.9 Å². The number of nitrogens with two attached hydrogens (primary N) is 1. The van der Waals surface area contributed by atoms with Gasteiger partial charge in [0.05, 0.1) is 12.1 Å². The minimum absolute atomic E-state index is 0.103. The fraction of sp³-hybridized carbons (Fsp3) is 0.628. The fourth-order valence-electron chi connectivity index (χ4n) is 7.34. The first kappa shape index (κ1) is 46.9. The van der Waals surface area contributed by atoms with Crippen molar-refractivity contribution in [2.75, 3.05) is 31.2 Å². The Kier molecular flexibility index (Phi) is 19.0. The topological polar surface area (TPSA) is 184 Å². The lowest BCUT2D eigenvalue weighted by Crippen LogP contribution is -2.56. The highest BCUT2D eigenvalue weighted by Gasteiger charge is 2.40. The molecule has 0 unspecified atom stereocenters. The number of carbonyl (C=O) groups is 5. The molecular formula is C43H64N6O7S. The number of amides is 3. The van der Waals surface area contributed by atoms with E-state index in [0.717, 1.165) is 31.4 Å². The number of benzene rings is 1. The maximum atomic E-state index is 14.8. The van der Waals surface area contributed by atoms with Gasteiger partial charge in [0.2, 0.25) is 17.7 Å². The van der Waals surface area contributed by atoms with E-state index in [2.05, 4.69) is 26.4 Å². The number of carboxylic acids is 1. The Morgan fingerprint density at radius 3 is 2.39 bits per heavy atom. The largest absolute Gasteiger partial charge is 0.481 e. The molecule has 1 aromatic carbocycles. The number of nitrogens with one attached hydrogen (secondary N) is 2. The number of carboxylic acid groups (broad SMARTS) is 1. The molecule has 2 aromatic rings. The molecule has 5 N–H and O–H groups in total. The van der Waals surface area contributed by atoms with Crippen LogP contribution in [0.15, 0.2) is 29.6 Å². The molecular weight excluding hydrogens is 745 g/mol. The molecule has 1 aliphatic rings. The van der Waals surface area contributed by atoms with E-state index in [0.29, 0.717) is 49.3 Å². The standard InChI is InChI=1S/C43H64N6O7S/c1-9-11-12-14-22-49(42(53)38(28(5)10-2)40(52)47-37-16-13-15-21-48(37)8)34(27(3)4)25-35(56-30(7)50)41-46-36(26-57-41)45-39(51)32(23-29(6)43(54)55)24-31-17-19-33(44)20-18-31/h1,17-20,26-29,32,34-35,37-38H,10-16,21-25,44H2,2-8H3,(H,45,51)(H,47,52)(H,54,55)/t28-,29-,32+,34+,35+,37+,38-/m0/s1. The Labute approximate surface area is 342 Å². The summed E-state index contributed by atoms with van der Waals surface area (Å²) in [6, 6.07) is 6.64. The van der Waals surface area contributed by atoms with Crippen molar-refractivity contribution >= 4 is 52.5 Å². The fourth-order valence-corrected chi connectivity index (χ4v) is 8.13. The molecule has 2 heterocycles. The Morgan fingerprint density at radius 1 is 1.09 bits per heavy atom. The predicted octanol–water partition coefficient (Wildman–Crippen LogP) is 6.50. The van der Waals surface area contributed by atoms with E-state index in [9.17, 15) is 29.1 Å². The molecule has 0 aliphatic carbocycles. The van der Waals surface area contributed by atoms with Gasteiger partial charge in [0.15, 0.2) is 6.10 Å². The first-order chi connectivity index (χ1) is 27.1. The summed E-state index contributed by atoms with van der Waals surface area (Å²) < 4.78 is 5.88. The molecule has 0 spiro atoms. The molecule has 7 atom stereocenters. The highest BCUT2D eigenvalue weighted by Crippen LogP contribution is 2.34. The molecule has 314 valence electrons. The van der Waals surface area contributed by atoms with Crippen LogP contribution in [0, 0.1) is 41.9 Å². The van der Waals surface area contributed by atoms with E-state index in [1.165, 1.54) is 18.3 Å². The van der Waals surface area contributed by atoms with Gasteiger partial charge in [-0.15, -0.1) is 23.7 Å². The second kappa shape index (κ2) is 23.1. The van der Waals surface area contributed by atoms with Gasteiger partial charge in [0.25, 0.3) is 0 Å². The van der Waals surface area contributed by atoms with Crippen molar-refractivity contribution in [3.05, 3.63) is 40.2 Å². The van der Waals surface area contributed by atoms with Crippen LogP contribution < -0.4 is 16.4 Å². The molecule has 14 heteroatoms. The molecule has 1 fully saturated rings. The number of unbranched alkanes of at least 4 members (excludes halogenated alkanes) is 2. The van der Waals surface area contributed by atoms with Gasteiger partial charge in [-0.1, -0.05) is 53.2 Å². The number of rotatable bonds is 22. The van der Waals surface area contributed by atoms with E-state index in [1.807, 2.05) is 46.9 Å². The molecule has 0 radical (unpaired) electrons. The molecule has 3 rings (SSSR count).